The Hall–Kier alpha value is -2.38. The fourth-order valence-corrected chi connectivity index (χ4v) is 3.52. The van der Waals surface area contributed by atoms with Gasteiger partial charge in [-0.25, -0.2) is 4.79 Å². The number of aliphatic hydroxyl groups is 1. The molecule has 2 aliphatic heterocycles. The molecule has 0 spiro atoms. The lowest BCUT2D eigenvalue weighted by atomic mass is 9.90. The lowest BCUT2D eigenvalue weighted by Crippen LogP contribution is -2.31. The van der Waals surface area contributed by atoms with Crippen LogP contribution < -0.4 is 10.6 Å². The Morgan fingerprint density at radius 2 is 2.15 bits per heavy atom. The molecule has 0 aromatic heterocycles. The number of piperidine rings is 1. The Kier molecular flexibility index (Phi) is 5.90. The van der Waals surface area contributed by atoms with Crippen LogP contribution in [0.2, 0.25) is 0 Å². The molecular weight excluding hydrogens is 334 g/mol. The molecule has 0 unspecified atom stereocenters. The molecule has 140 valence electrons. The van der Waals surface area contributed by atoms with E-state index in [0.29, 0.717) is 11.5 Å². The number of benzene rings is 1. The summed E-state index contributed by atoms with van der Waals surface area (Å²) in [6.45, 7) is 2.18. The SMILES string of the molecule is COC(=O)C1=C(Nc2cccc(C3CCNCC3)c2)C(=O)N(CCO)C1. The molecule has 0 bridgehead atoms. The molecule has 1 aromatic carbocycles. The van der Waals surface area contributed by atoms with Gasteiger partial charge in [0.1, 0.15) is 5.70 Å². The molecule has 2 aliphatic rings. The van der Waals surface area contributed by atoms with E-state index in [1.165, 1.54) is 17.6 Å². The van der Waals surface area contributed by atoms with Gasteiger partial charge in [0.2, 0.25) is 0 Å². The first-order valence-electron chi connectivity index (χ1n) is 8.93. The lowest BCUT2D eigenvalue weighted by Gasteiger charge is -2.23. The fraction of sp³-hybridized carbons (Fsp3) is 0.474. The van der Waals surface area contributed by atoms with Crippen molar-refractivity contribution in [2.24, 2.45) is 0 Å². The number of esters is 1. The molecule has 1 saturated heterocycles. The van der Waals surface area contributed by atoms with Gasteiger partial charge in [0, 0.05) is 12.2 Å². The van der Waals surface area contributed by atoms with E-state index in [1.807, 2.05) is 18.2 Å². The molecule has 0 aliphatic carbocycles. The van der Waals surface area contributed by atoms with Gasteiger partial charge in [-0.2, -0.15) is 0 Å². The number of anilines is 1. The van der Waals surface area contributed by atoms with Gasteiger partial charge in [0.15, 0.2) is 0 Å². The summed E-state index contributed by atoms with van der Waals surface area (Å²) in [7, 11) is 1.30. The standard InChI is InChI=1S/C19H25N3O4/c1-26-19(25)16-12-22(9-10-23)18(24)17(16)21-15-4-2-3-14(11-15)13-5-7-20-8-6-13/h2-4,11,13,20-21,23H,5-10,12H2,1H3. The van der Waals surface area contributed by atoms with E-state index < -0.39 is 5.97 Å². The molecule has 7 nitrogen and oxygen atoms in total. The zero-order valence-electron chi connectivity index (χ0n) is 15.0. The first kappa shape index (κ1) is 18.4. The monoisotopic (exact) mass is 359 g/mol. The van der Waals surface area contributed by atoms with E-state index >= 15 is 0 Å². The van der Waals surface area contributed by atoms with Gasteiger partial charge >= 0.3 is 5.97 Å². The van der Waals surface area contributed by atoms with Crippen molar-refractivity contribution in [2.45, 2.75) is 18.8 Å². The van der Waals surface area contributed by atoms with Gasteiger partial charge in [-0.15, -0.1) is 0 Å². The van der Waals surface area contributed by atoms with Crippen molar-refractivity contribution >= 4 is 17.6 Å². The van der Waals surface area contributed by atoms with Crippen LogP contribution in [0.5, 0.6) is 0 Å². The quantitative estimate of drug-likeness (QED) is 0.652. The van der Waals surface area contributed by atoms with Crippen molar-refractivity contribution in [2.75, 3.05) is 45.2 Å². The fourth-order valence-electron chi connectivity index (χ4n) is 3.52. The zero-order chi connectivity index (χ0) is 18.5. The minimum Gasteiger partial charge on any atom is -0.466 e. The Bertz CT molecular complexity index is 710. The number of rotatable bonds is 6. The maximum absolute atomic E-state index is 12.6. The van der Waals surface area contributed by atoms with Crippen LogP contribution >= 0.6 is 0 Å². The van der Waals surface area contributed by atoms with Crippen LogP contribution in [0.25, 0.3) is 0 Å². The molecule has 1 fully saturated rings. The second-order valence-corrected chi connectivity index (χ2v) is 6.57. The summed E-state index contributed by atoms with van der Waals surface area (Å²) in [6, 6.07) is 7.99. The molecule has 1 aromatic rings. The summed E-state index contributed by atoms with van der Waals surface area (Å²) in [6.07, 6.45) is 2.17. The number of amides is 1. The van der Waals surface area contributed by atoms with Crippen LogP contribution in [0, 0.1) is 0 Å². The highest BCUT2D eigenvalue weighted by Crippen LogP contribution is 2.29. The summed E-state index contributed by atoms with van der Waals surface area (Å²) >= 11 is 0. The van der Waals surface area contributed by atoms with Crippen LogP contribution in [0.4, 0.5) is 5.69 Å². The first-order valence-corrected chi connectivity index (χ1v) is 8.93. The highest BCUT2D eigenvalue weighted by atomic mass is 16.5. The minimum absolute atomic E-state index is 0.141. The van der Waals surface area contributed by atoms with Crippen molar-refractivity contribution < 1.29 is 19.4 Å². The number of methoxy groups -OCH3 is 1. The molecule has 0 atom stereocenters. The molecule has 0 radical (unpaired) electrons. The lowest BCUT2D eigenvalue weighted by molar-refractivity contribution is -0.136. The highest BCUT2D eigenvalue weighted by Gasteiger charge is 2.34. The van der Waals surface area contributed by atoms with Gasteiger partial charge in [-0.3, -0.25) is 4.79 Å². The topological polar surface area (TPSA) is 90.9 Å². The second kappa shape index (κ2) is 8.33. The van der Waals surface area contributed by atoms with Crippen LogP contribution in [0.1, 0.15) is 24.3 Å². The third kappa shape index (κ3) is 3.89. The molecule has 0 saturated carbocycles. The number of β-amino-alcohol motifs (C(OH)–C–C–N with tert-alkyl or cyclic N) is 1. The van der Waals surface area contributed by atoms with Gasteiger partial charge in [-0.05, 0) is 49.5 Å². The van der Waals surface area contributed by atoms with Gasteiger partial charge in [-0.1, -0.05) is 12.1 Å². The second-order valence-electron chi connectivity index (χ2n) is 6.57. The number of carbonyl (C=O) groups is 2. The van der Waals surface area contributed by atoms with E-state index in [2.05, 4.69) is 16.7 Å². The minimum atomic E-state index is -0.532. The predicted molar refractivity (Wildman–Crippen MR) is 97.6 cm³/mol. The Morgan fingerprint density at radius 1 is 1.38 bits per heavy atom. The molecule has 26 heavy (non-hydrogen) atoms. The van der Waals surface area contributed by atoms with E-state index in [-0.39, 0.29) is 31.3 Å². The van der Waals surface area contributed by atoms with Crippen LogP contribution in [-0.2, 0) is 14.3 Å². The van der Waals surface area contributed by atoms with E-state index in [0.717, 1.165) is 31.6 Å². The maximum atomic E-state index is 12.6. The Balaban J connectivity index is 1.83. The number of hydrogen-bond donors (Lipinski definition) is 3. The van der Waals surface area contributed by atoms with Crippen molar-refractivity contribution in [1.82, 2.24) is 10.2 Å². The van der Waals surface area contributed by atoms with Crippen LogP contribution in [0.3, 0.4) is 0 Å². The van der Waals surface area contributed by atoms with Crippen molar-refractivity contribution in [3.8, 4) is 0 Å². The van der Waals surface area contributed by atoms with Crippen LogP contribution in [-0.4, -0.2) is 61.8 Å². The van der Waals surface area contributed by atoms with Gasteiger partial charge in [0.25, 0.3) is 5.91 Å². The Labute approximate surface area is 153 Å². The molecule has 3 rings (SSSR count). The summed E-state index contributed by atoms with van der Waals surface area (Å²) in [5.74, 6) is -0.334. The van der Waals surface area contributed by atoms with E-state index in [1.54, 1.807) is 0 Å². The number of carbonyl (C=O) groups excluding carboxylic acids is 2. The molecule has 7 heteroatoms. The van der Waals surface area contributed by atoms with Crippen molar-refractivity contribution in [3.05, 3.63) is 41.1 Å². The zero-order valence-corrected chi connectivity index (χ0v) is 15.0. The normalized spacial score (nSPS) is 18.4. The largest absolute Gasteiger partial charge is 0.466 e. The van der Waals surface area contributed by atoms with Crippen molar-refractivity contribution in [3.63, 3.8) is 0 Å². The molecular formula is C19H25N3O4. The first-order chi connectivity index (χ1) is 12.6. The summed E-state index contributed by atoms with van der Waals surface area (Å²) in [5.41, 5.74) is 2.52. The number of ether oxygens (including phenoxy) is 1. The maximum Gasteiger partial charge on any atom is 0.337 e. The third-order valence-electron chi connectivity index (χ3n) is 4.92. The third-order valence-corrected chi connectivity index (χ3v) is 4.92. The van der Waals surface area contributed by atoms with Crippen molar-refractivity contribution in [1.29, 1.82) is 0 Å². The van der Waals surface area contributed by atoms with Gasteiger partial charge in [0.05, 0.1) is 25.8 Å². The Morgan fingerprint density at radius 3 is 2.85 bits per heavy atom. The molecule has 3 N–H and O–H groups in total. The average molecular weight is 359 g/mol. The summed E-state index contributed by atoms with van der Waals surface area (Å²) < 4.78 is 4.81. The highest BCUT2D eigenvalue weighted by molar-refractivity contribution is 6.08. The number of nitrogens with zero attached hydrogens (tertiary/aromatic N) is 1. The average Bonchev–Trinajstić information content (AvgIpc) is 2.98. The molecule has 2 heterocycles. The summed E-state index contributed by atoms with van der Waals surface area (Å²) in [5, 5.41) is 15.6. The predicted octanol–water partition coefficient (Wildman–Crippen LogP) is 0.827. The number of hydrogen-bond acceptors (Lipinski definition) is 6. The smallest absolute Gasteiger partial charge is 0.337 e. The van der Waals surface area contributed by atoms with E-state index in [9.17, 15) is 9.59 Å². The summed E-state index contributed by atoms with van der Waals surface area (Å²) in [4.78, 5) is 26.1. The number of nitrogens with one attached hydrogen (secondary N) is 2. The molecule has 1 amide bonds. The van der Waals surface area contributed by atoms with Crippen LogP contribution in [0.15, 0.2) is 35.5 Å². The number of aliphatic hydroxyl groups excluding tert-OH is 1. The van der Waals surface area contributed by atoms with Gasteiger partial charge < -0.3 is 25.4 Å². The van der Waals surface area contributed by atoms with E-state index in [4.69, 9.17) is 9.84 Å².